The normalized spacial score (nSPS) is 17.1. The zero-order chi connectivity index (χ0) is 19.5. The van der Waals surface area contributed by atoms with Crippen LogP contribution in [0.4, 0.5) is 5.82 Å². The Bertz CT molecular complexity index is 919. The van der Waals surface area contributed by atoms with Crippen LogP contribution in [0.5, 0.6) is 0 Å². The van der Waals surface area contributed by atoms with E-state index >= 15 is 0 Å². The molecule has 0 bridgehead atoms. The first-order chi connectivity index (χ1) is 13.6. The Hall–Kier alpha value is -2.02. The molecule has 3 aromatic rings. The number of hydrogen-bond acceptors (Lipinski definition) is 6. The molecule has 2 aromatic heterocycles. The van der Waals surface area contributed by atoms with Gasteiger partial charge in [-0.05, 0) is 31.7 Å². The van der Waals surface area contributed by atoms with Crippen molar-refractivity contribution in [1.82, 2.24) is 14.9 Å². The van der Waals surface area contributed by atoms with Crippen molar-refractivity contribution in [2.75, 3.05) is 25.0 Å². The molecule has 1 aliphatic heterocycles. The number of nitrogens with zero attached hydrogens (tertiary/aromatic N) is 3. The van der Waals surface area contributed by atoms with Crippen LogP contribution in [0.2, 0.25) is 0 Å². The first kappa shape index (κ1) is 19.3. The summed E-state index contributed by atoms with van der Waals surface area (Å²) in [6.45, 7) is 6.80. The number of rotatable bonds is 6. The topological polar surface area (TPSA) is 61.3 Å². The Morgan fingerprint density at radius 2 is 1.96 bits per heavy atom. The molecule has 0 unspecified atom stereocenters. The lowest BCUT2D eigenvalue weighted by atomic mass is 10.0. The van der Waals surface area contributed by atoms with E-state index in [1.165, 1.54) is 11.1 Å². The first-order valence-corrected chi connectivity index (χ1v) is 11.0. The average Bonchev–Trinajstić information content (AvgIpc) is 3.14. The van der Waals surface area contributed by atoms with Crippen LogP contribution in [0.15, 0.2) is 35.7 Å². The lowest BCUT2D eigenvalue weighted by Gasteiger charge is -2.33. The summed E-state index contributed by atoms with van der Waals surface area (Å²) in [5.41, 5.74) is 2.40. The number of hydrogen-bond donors (Lipinski definition) is 2. The number of benzene rings is 1. The highest BCUT2D eigenvalue weighted by atomic mass is 32.1. The molecule has 5 nitrogen and oxygen atoms in total. The van der Waals surface area contributed by atoms with Gasteiger partial charge in [0, 0.05) is 36.6 Å². The van der Waals surface area contributed by atoms with E-state index in [2.05, 4.69) is 44.8 Å². The van der Waals surface area contributed by atoms with Gasteiger partial charge in [-0.25, -0.2) is 9.97 Å². The van der Waals surface area contributed by atoms with Crippen LogP contribution in [-0.2, 0) is 0 Å². The standard InChI is InChI=1S/C22H28N4OS/c1-3-18(27)13-26-11-9-17(10-12-26)25-21-20-19(16-7-5-4-6-8-16)14-28-22(20)24-15(2)23-21/h4-8,14,17-18,27H,3,9-13H2,1-2H3,(H,23,24,25)/t18-/m0/s1. The molecule has 0 amide bonds. The zero-order valence-corrected chi connectivity index (χ0v) is 17.4. The van der Waals surface area contributed by atoms with E-state index in [0.29, 0.717) is 6.04 Å². The molecule has 28 heavy (non-hydrogen) atoms. The van der Waals surface area contributed by atoms with Crippen molar-refractivity contribution in [1.29, 1.82) is 0 Å². The molecule has 1 fully saturated rings. The summed E-state index contributed by atoms with van der Waals surface area (Å²) >= 11 is 1.68. The van der Waals surface area contributed by atoms with Crippen LogP contribution in [0.3, 0.4) is 0 Å². The monoisotopic (exact) mass is 396 g/mol. The van der Waals surface area contributed by atoms with Crippen LogP contribution in [-0.4, -0.2) is 51.8 Å². The molecule has 0 spiro atoms. The lowest BCUT2D eigenvalue weighted by molar-refractivity contribution is 0.0962. The number of aromatic nitrogens is 2. The number of aryl methyl sites for hydroxylation is 1. The maximum Gasteiger partial charge on any atom is 0.139 e. The van der Waals surface area contributed by atoms with Gasteiger partial charge in [0.15, 0.2) is 0 Å². The molecule has 1 saturated heterocycles. The molecular formula is C22H28N4OS. The van der Waals surface area contributed by atoms with Crippen molar-refractivity contribution in [3.8, 4) is 11.1 Å². The molecule has 1 aromatic carbocycles. The molecule has 1 atom stereocenters. The van der Waals surface area contributed by atoms with Crippen molar-refractivity contribution < 1.29 is 5.11 Å². The molecule has 4 rings (SSSR count). The number of thiophene rings is 1. The fourth-order valence-electron chi connectivity index (χ4n) is 3.86. The third-order valence-electron chi connectivity index (χ3n) is 5.50. The number of fused-ring (bicyclic) bond motifs is 1. The summed E-state index contributed by atoms with van der Waals surface area (Å²) in [4.78, 5) is 12.8. The van der Waals surface area contributed by atoms with Gasteiger partial charge in [-0.3, -0.25) is 0 Å². The second-order valence-corrected chi connectivity index (χ2v) is 8.45. The third kappa shape index (κ3) is 4.19. The van der Waals surface area contributed by atoms with Crippen molar-refractivity contribution in [2.24, 2.45) is 0 Å². The molecule has 148 valence electrons. The summed E-state index contributed by atoms with van der Waals surface area (Å²) in [6.07, 6.45) is 2.72. The van der Waals surface area contributed by atoms with Crippen molar-refractivity contribution in [2.45, 2.75) is 45.3 Å². The number of aliphatic hydroxyl groups excluding tert-OH is 1. The highest BCUT2D eigenvalue weighted by molar-refractivity contribution is 7.17. The number of anilines is 1. The molecule has 3 heterocycles. The van der Waals surface area contributed by atoms with E-state index in [0.717, 1.165) is 60.8 Å². The maximum atomic E-state index is 9.90. The van der Waals surface area contributed by atoms with E-state index in [4.69, 9.17) is 4.98 Å². The van der Waals surface area contributed by atoms with E-state index in [9.17, 15) is 5.11 Å². The van der Waals surface area contributed by atoms with Gasteiger partial charge in [-0.15, -0.1) is 11.3 Å². The van der Waals surface area contributed by atoms with E-state index in [1.807, 2.05) is 19.9 Å². The van der Waals surface area contributed by atoms with Crippen LogP contribution < -0.4 is 5.32 Å². The molecule has 0 aliphatic carbocycles. The van der Waals surface area contributed by atoms with Crippen LogP contribution in [0.1, 0.15) is 32.0 Å². The van der Waals surface area contributed by atoms with E-state index < -0.39 is 0 Å². The van der Waals surface area contributed by atoms with Gasteiger partial charge >= 0.3 is 0 Å². The first-order valence-electron chi connectivity index (χ1n) is 10.1. The second kappa shape index (κ2) is 8.55. The number of β-amino-alcohol motifs (C(OH)–C–C–N with tert-alkyl or cyclic N) is 1. The summed E-state index contributed by atoms with van der Waals surface area (Å²) in [5.74, 6) is 1.76. The van der Waals surface area contributed by atoms with Crippen molar-refractivity contribution >= 4 is 27.4 Å². The predicted molar refractivity (Wildman–Crippen MR) is 117 cm³/mol. The molecule has 1 aliphatic rings. The average molecular weight is 397 g/mol. The molecule has 0 saturated carbocycles. The Morgan fingerprint density at radius 1 is 1.21 bits per heavy atom. The van der Waals surface area contributed by atoms with Gasteiger partial charge in [-0.2, -0.15) is 0 Å². The Kier molecular flexibility index (Phi) is 5.90. The quantitative estimate of drug-likeness (QED) is 0.650. The summed E-state index contributed by atoms with van der Waals surface area (Å²) in [5, 5.41) is 16.9. The smallest absolute Gasteiger partial charge is 0.139 e. The van der Waals surface area contributed by atoms with E-state index in [1.54, 1.807) is 11.3 Å². The summed E-state index contributed by atoms with van der Waals surface area (Å²) in [7, 11) is 0. The summed E-state index contributed by atoms with van der Waals surface area (Å²) < 4.78 is 0. The lowest BCUT2D eigenvalue weighted by Crippen LogP contribution is -2.42. The van der Waals surface area contributed by atoms with Crippen LogP contribution in [0.25, 0.3) is 21.3 Å². The number of nitrogens with one attached hydrogen (secondary N) is 1. The molecule has 0 radical (unpaired) electrons. The van der Waals surface area contributed by atoms with Gasteiger partial charge in [-0.1, -0.05) is 37.3 Å². The number of aliphatic hydroxyl groups is 1. The Balaban J connectivity index is 1.55. The van der Waals surface area contributed by atoms with Gasteiger partial charge in [0.25, 0.3) is 0 Å². The SMILES string of the molecule is CC[C@H](O)CN1CCC(Nc2nc(C)nc3scc(-c4ccccc4)c23)CC1. The predicted octanol–water partition coefficient (Wildman–Crippen LogP) is 4.31. The van der Waals surface area contributed by atoms with Gasteiger partial charge in [0.05, 0.1) is 11.5 Å². The highest BCUT2D eigenvalue weighted by Gasteiger charge is 2.22. The van der Waals surface area contributed by atoms with Crippen molar-refractivity contribution in [3.05, 3.63) is 41.5 Å². The largest absolute Gasteiger partial charge is 0.392 e. The number of piperidine rings is 1. The molecular weight excluding hydrogens is 368 g/mol. The van der Waals surface area contributed by atoms with Crippen LogP contribution in [0, 0.1) is 6.92 Å². The second-order valence-electron chi connectivity index (χ2n) is 7.60. The third-order valence-corrected chi connectivity index (χ3v) is 6.37. The zero-order valence-electron chi connectivity index (χ0n) is 16.6. The fraction of sp³-hybridized carbons (Fsp3) is 0.455. The number of likely N-dealkylation sites (tertiary alicyclic amines) is 1. The van der Waals surface area contributed by atoms with Crippen LogP contribution >= 0.6 is 11.3 Å². The summed E-state index contributed by atoms with van der Waals surface area (Å²) in [6, 6.07) is 10.9. The minimum Gasteiger partial charge on any atom is -0.392 e. The maximum absolute atomic E-state index is 9.90. The fourth-order valence-corrected chi connectivity index (χ4v) is 4.86. The van der Waals surface area contributed by atoms with Gasteiger partial charge in [0.1, 0.15) is 16.5 Å². The molecule has 2 N–H and O–H groups in total. The van der Waals surface area contributed by atoms with Gasteiger partial charge < -0.3 is 15.3 Å². The van der Waals surface area contributed by atoms with Gasteiger partial charge in [0.2, 0.25) is 0 Å². The minimum absolute atomic E-state index is 0.215. The molecule has 6 heteroatoms. The highest BCUT2D eigenvalue weighted by Crippen LogP contribution is 2.37. The van der Waals surface area contributed by atoms with Crippen molar-refractivity contribution in [3.63, 3.8) is 0 Å². The Morgan fingerprint density at radius 3 is 2.68 bits per heavy atom. The Labute approximate surface area is 170 Å². The van der Waals surface area contributed by atoms with E-state index in [-0.39, 0.29) is 6.10 Å². The minimum atomic E-state index is -0.215.